The van der Waals surface area contributed by atoms with Gasteiger partial charge in [0.25, 0.3) is 0 Å². The van der Waals surface area contributed by atoms with E-state index in [9.17, 15) is 26.3 Å². The molecule has 0 fully saturated rings. The fraction of sp³-hybridized carbons (Fsp3) is 0.636. The number of hydrogen-bond acceptors (Lipinski definition) is 6. The molecule has 15 heteroatoms. The monoisotopic (exact) mass is 658 g/mol. The third kappa shape index (κ3) is 12.8. The Hall–Kier alpha value is -0.757. The molecule has 0 atom stereocenters. The van der Waals surface area contributed by atoms with Crippen LogP contribution in [0.1, 0.15) is 79.1 Å². The molecule has 2 aliphatic rings. The van der Waals surface area contributed by atoms with Crippen LogP contribution in [0.5, 0.6) is 0 Å². The predicted molar refractivity (Wildman–Crippen MR) is 121 cm³/mol. The number of alkyl halides is 6. The second-order valence-electron chi connectivity index (χ2n) is 8.31. The van der Waals surface area contributed by atoms with Crippen LogP contribution in [0.2, 0.25) is 0 Å². The van der Waals surface area contributed by atoms with Crippen molar-refractivity contribution in [1.29, 1.82) is 0 Å². The average Bonchev–Trinajstić information content (AvgIpc) is 3.25. The van der Waals surface area contributed by atoms with E-state index in [1.54, 1.807) is 22.3 Å². The van der Waals surface area contributed by atoms with Gasteiger partial charge in [0.1, 0.15) is 0 Å². The molecule has 0 N–H and O–H groups in total. The van der Waals surface area contributed by atoms with Gasteiger partial charge in [-0.25, -0.2) is 16.8 Å². The van der Waals surface area contributed by atoms with E-state index in [4.69, 9.17) is 25.9 Å². The summed E-state index contributed by atoms with van der Waals surface area (Å²) in [6, 6.07) is 0. The van der Waals surface area contributed by atoms with Crippen molar-refractivity contribution < 1.29 is 75.5 Å². The molecule has 0 saturated heterocycles. The summed E-state index contributed by atoms with van der Waals surface area (Å²) < 4.78 is 121. The van der Waals surface area contributed by atoms with Crippen molar-refractivity contribution in [3.05, 3.63) is 41.0 Å². The van der Waals surface area contributed by atoms with Crippen molar-refractivity contribution in [1.82, 2.24) is 0 Å². The van der Waals surface area contributed by atoms with Gasteiger partial charge in [-0.2, -0.15) is 26.3 Å². The molecule has 37 heavy (non-hydrogen) atoms. The molecule has 0 aromatic carbocycles. The van der Waals surface area contributed by atoms with Crippen LogP contribution in [0.15, 0.2) is 41.0 Å². The molecule has 0 bridgehead atoms. The zero-order valence-corrected chi connectivity index (χ0v) is 24.9. The van der Waals surface area contributed by atoms with Crippen molar-refractivity contribution in [3.63, 3.8) is 0 Å². The molecule has 0 saturated carbocycles. The van der Waals surface area contributed by atoms with Gasteiger partial charge in [0.15, 0.2) is 20.2 Å². The van der Waals surface area contributed by atoms with E-state index < -0.39 is 54.5 Å². The first-order valence-electron chi connectivity index (χ1n) is 11.3. The average molecular weight is 660 g/mol. The molecular formula is C22H30F6O6S2Zr. The summed E-state index contributed by atoms with van der Waals surface area (Å²) >= 11 is -0.585. The van der Waals surface area contributed by atoms with Gasteiger partial charge in [-0.15, -0.1) is 0 Å². The summed E-state index contributed by atoms with van der Waals surface area (Å²) in [4.78, 5) is 0. The van der Waals surface area contributed by atoms with E-state index in [0.29, 0.717) is 0 Å². The van der Waals surface area contributed by atoms with Crippen LogP contribution in [-0.4, -0.2) is 37.0 Å². The number of hydrogen-bond donors (Lipinski definition) is 0. The van der Waals surface area contributed by atoms with Crippen molar-refractivity contribution in [3.8, 4) is 0 Å². The second-order valence-corrected chi connectivity index (χ2v) is 14.1. The Kier molecular flexibility index (Phi) is 14.8. The van der Waals surface area contributed by atoms with Gasteiger partial charge in [0.2, 0.25) is 0 Å². The minimum atomic E-state index is -6.09. The van der Waals surface area contributed by atoms with Crippen LogP contribution in [0.3, 0.4) is 0 Å². The fourth-order valence-electron chi connectivity index (χ4n) is 3.20. The molecule has 0 radical (unpaired) electrons. The first-order valence-corrected chi connectivity index (χ1v) is 16.5. The zero-order chi connectivity index (χ0) is 29.2. The number of unbranched alkanes of at least 4 members (excludes halogenated alkanes) is 2. The minimum absolute atomic E-state index is 0.585. The van der Waals surface area contributed by atoms with Crippen LogP contribution in [0, 0.1) is 0 Å². The molecule has 2 aliphatic carbocycles. The molecule has 0 unspecified atom stereocenters. The summed E-state index contributed by atoms with van der Waals surface area (Å²) in [5.41, 5.74) is -4.46. The maximum Gasteiger partial charge on any atom is 0.485 e. The first-order chi connectivity index (χ1) is 16.7. The Morgan fingerprint density at radius 3 is 1.22 bits per heavy atom. The molecule has 2 rings (SSSR count). The smallest absolute Gasteiger partial charge is 0.485 e. The van der Waals surface area contributed by atoms with Gasteiger partial charge >= 0.3 is 154 Å². The van der Waals surface area contributed by atoms with E-state index in [1.165, 1.54) is 51.4 Å². The van der Waals surface area contributed by atoms with Gasteiger partial charge in [-0.3, -0.25) is 0 Å². The molecule has 0 aromatic heterocycles. The summed E-state index contributed by atoms with van der Waals surface area (Å²) in [5, 5.41) is 0. The number of halogens is 6. The topological polar surface area (TPSA) is 114 Å². The Morgan fingerprint density at radius 1 is 0.730 bits per heavy atom. The largest absolute Gasteiger partial charge is 0.741 e. The number of rotatable bonds is 8. The van der Waals surface area contributed by atoms with E-state index in [2.05, 4.69) is 39.8 Å². The van der Waals surface area contributed by atoms with Gasteiger partial charge in [-0.05, 0) is 0 Å². The Labute approximate surface area is 226 Å². The van der Waals surface area contributed by atoms with Crippen LogP contribution in [0.4, 0.5) is 26.3 Å². The van der Waals surface area contributed by atoms with Crippen LogP contribution in [-0.2, 0) is 43.5 Å². The van der Waals surface area contributed by atoms with E-state index in [-0.39, 0.29) is 0 Å². The molecule has 0 heterocycles. The molecular weight excluding hydrogens is 630 g/mol. The SMILES string of the molecule is CCCCC1=CCC(C)=[C]1[Zr+2][C]1=C(C)CC=C1CCCC.O=S(=O)([O-])C(F)(F)F.O=S(=O)([O-])C(F)(F)F. The van der Waals surface area contributed by atoms with E-state index in [1.807, 2.05) is 6.56 Å². The van der Waals surface area contributed by atoms with Crippen molar-refractivity contribution in [2.75, 3.05) is 0 Å². The fourth-order valence-corrected chi connectivity index (χ4v) is 7.27. The predicted octanol–water partition coefficient (Wildman–Crippen LogP) is 6.76. The van der Waals surface area contributed by atoms with Gasteiger partial charge < -0.3 is 9.11 Å². The van der Waals surface area contributed by atoms with Gasteiger partial charge in [0.05, 0.1) is 0 Å². The first kappa shape index (κ1) is 36.2. The zero-order valence-electron chi connectivity index (χ0n) is 20.8. The maximum atomic E-state index is 10.7. The van der Waals surface area contributed by atoms with Crippen LogP contribution in [0.25, 0.3) is 0 Å². The molecule has 0 aromatic rings. The van der Waals surface area contributed by atoms with Crippen molar-refractivity contribution in [2.45, 2.75) is 90.1 Å². The molecule has 0 spiro atoms. The molecule has 0 aliphatic heterocycles. The summed E-state index contributed by atoms with van der Waals surface area (Å²) in [6.45, 7) is 9.37. The Balaban J connectivity index is 0.000000669. The quantitative estimate of drug-likeness (QED) is 0.162. The Morgan fingerprint density at radius 2 is 1.00 bits per heavy atom. The summed E-state index contributed by atoms with van der Waals surface area (Å²) in [5.74, 6) is 0. The van der Waals surface area contributed by atoms with Crippen LogP contribution >= 0.6 is 0 Å². The third-order valence-corrected chi connectivity index (χ3v) is 11.3. The second kappa shape index (κ2) is 15.1. The molecule has 212 valence electrons. The third-order valence-electron chi connectivity index (χ3n) is 5.22. The molecule has 0 amide bonds. The summed E-state index contributed by atoms with van der Waals surface area (Å²) in [7, 11) is -12.2. The van der Waals surface area contributed by atoms with E-state index >= 15 is 0 Å². The normalized spacial score (nSPS) is 16.4. The van der Waals surface area contributed by atoms with Crippen molar-refractivity contribution >= 4 is 20.2 Å². The Bertz CT molecular complexity index is 1030. The van der Waals surface area contributed by atoms with Crippen LogP contribution < -0.4 is 0 Å². The van der Waals surface area contributed by atoms with Crippen molar-refractivity contribution in [2.24, 2.45) is 0 Å². The van der Waals surface area contributed by atoms with Gasteiger partial charge in [0, 0.05) is 0 Å². The molecule has 6 nitrogen and oxygen atoms in total. The maximum absolute atomic E-state index is 10.7. The number of allylic oxidation sites excluding steroid dienone is 8. The summed E-state index contributed by atoms with van der Waals surface area (Å²) in [6.07, 6.45) is 15.5. The van der Waals surface area contributed by atoms with Gasteiger partial charge in [-0.1, -0.05) is 0 Å². The minimum Gasteiger partial charge on any atom is -0.741 e. The standard InChI is InChI=1S/2C10H15.2CHF3O3S.Zr/c2*1-3-4-5-10-7-6-9(2)8-10;2*2-1(3,4)8(5,6)7;/h2*7H,3-6H2,1-2H3;2*(H,5,6,7);/q;;;;+2/p-2. The van der Waals surface area contributed by atoms with E-state index in [0.717, 1.165) is 0 Å².